The van der Waals surface area contributed by atoms with Crippen LogP contribution in [0.1, 0.15) is 12.5 Å². The fraction of sp³-hybridized carbons (Fsp3) is 0.364. The van der Waals surface area contributed by atoms with Crippen LogP contribution in [0.5, 0.6) is 0 Å². The summed E-state index contributed by atoms with van der Waals surface area (Å²) < 4.78 is 37.5. The van der Waals surface area contributed by atoms with Gasteiger partial charge in [-0.3, -0.25) is 14.9 Å². The highest BCUT2D eigenvalue weighted by Gasteiger charge is 2.53. The molecule has 6 nitrogen and oxygen atoms in total. The van der Waals surface area contributed by atoms with Gasteiger partial charge in [0.15, 0.2) is 5.54 Å². The van der Waals surface area contributed by atoms with Gasteiger partial charge in [0.1, 0.15) is 0 Å². The van der Waals surface area contributed by atoms with E-state index in [0.29, 0.717) is 12.5 Å². The van der Waals surface area contributed by atoms with E-state index in [0.717, 1.165) is 6.07 Å². The number of hydrogen-bond donors (Lipinski definition) is 2. The maximum atomic E-state index is 12.5. The van der Waals surface area contributed by atoms with Gasteiger partial charge in [-0.05, 0) is 12.5 Å². The summed E-state index contributed by atoms with van der Waals surface area (Å²) >= 11 is 0. The van der Waals surface area contributed by atoms with Gasteiger partial charge in [0.2, 0.25) is 5.91 Å². The summed E-state index contributed by atoms with van der Waals surface area (Å²) in [6.45, 7) is 0.263. The van der Waals surface area contributed by atoms with Gasteiger partial charge in [0, 0.05) is 18.7 Å². The predicted octanol–water partition coefficient (Wildman–Crippen LogP) is 1.49. The quantitative estimate of drug-likeness (QED) is 0.648. The second-order valence-corrected chi connectivity index (χ2v) is 4.31. The van der Waals surface area contributed by atoms with E-state index >= 15 is 0 Å². The topological polar surface area (TPSA) is 98.3 Å². The van der Waals surface area contributed by atoms with Crippen molar-refractivity contribution in [2.75, 3.05) is 0 Å². The summed E-state index contributed by atoms with van der Waals surface area (Å²) in [7, 11) is 0. The van der Waals surface area contributed by atoms with E-state index in [4.69, 9.17) is 5.73 Å². The van der Waals surface area contributed by atoms with Crippen molar-refractivity contribution in [2.24, 2.45) is 5.73 Å². The number of nitrogens with one attached hydrogen (secondary N) is 1. The first-order valence-corrected chi connectivity index (χ1v) is 5.43. The molecule has 0 spiro atoms. The molecule has 1 aromatic rings. The van der Waals surface area contributed by atoms with Gasteiger partial charge in [-0.15, -0.1) is 0 Å². The highest BCUT2D eigenvalue weighted by Crippen LogP contribution is 2.28. The number of halogens is 3. The molecule has 1 atom stereocenters. The van der Waals surface area contributed by atoms with Gasteiger partial charge in [-0.1, -0.05) is 12.1 Å². The lowest BCUT2D eigenvalue weighted by Crippen LogP contribution is -2.61. The van der Waals surface area contributed by atoms with Crippen LogP contribution in [0.3, 0.4) is 0 Å². The molecule has 0 aromatic heterocycles. The average molecular weight is 291 g/mol. The third-order valence-corrected chi connectivity index (χ3v) is 2.64. The SMILES string of the molecule is CC(N)(C(=O)NCc1cccc([N+](=O)[O-])c1)C(F)(F)F. The molecule has 110 valence electrons. The Morgan fingerprint density at radius 3 is 2.55 bits per heavy atom. The minimum atomic E-state index is -4.89. The van der Waals surface area contributed by atoms with Crippen molar-refractivity contribution < 1.29 is 22.9 Å². The molecule has 0 aliphatic heterocycles. The lowest BCUT2D eigenvalue weighted by molar-refractivity contribution is -0.384. The maximum absolute atomic E-state index is 12.5. The summed E-state index contributed by atoms with van der Waals surface area (Å²) in [5.41, 5.74) is 1.99. The summed E-state index contributed by atoms with van der Waals surface area (Å²) in [5, 5.41) is 12.5. The molecule has 1 unspecified atom stereocenters. The number of hydrogen-bond acceptors (Lipinski definition) is 4. The Kier molecular flexibility index (Phi) is 4.33. The zero-order valence-corrected chi connectivity index (χ0v) is 10.4. The molecule has 1 rings (SSSR count). The summed E-state index contributed by atoms with van der Waals surface area (Å²) in [5.74, 6) is -1.41. The van der Waals surface area contributed by atoms with Crippen molar-refractivity contribution in [3.8, 4) is 0 Å². The number of benzene rings is 1. The first-order valence-electron chi connectivity index (χ1n) is 5.43. The van der Waals surface area contributed by atoms with E-state index in [1.807, 2.05) is 5.32 Å². The monoisotopic (exact) mass is 291 g/mol. The van der Waals surface area contributed by atoms with E-state index in [-0.39, 0.29) is 12.2 Å². The van der Waals surface area contributed by atoms with Crippen LogP contribution < -0.4 is 11.1 Å². The van der Waals surface area contributed by atoms with Crippen LogP contribution >= 0.6 is 0 Å². The van der Waals surface area contributed by atoms with Crippen molar-refractivity contribution in [1.82, 2.24) is 5.32 Å². The molecule has 0 aliphatic carbocycles. The Morgan fingerprint density at radius 2 is 2.05 bits per heavy atom. The highest BCUT2D eigenvalue weighted by atomic mass is 19.4. The third-order valence-electron chi connectivity index (χ3n) is 2.64. The Hall–Kier alpha value is -2.16. The number of rotatable bonds is 4. The second kappa shape index (κ2) is 5.45. The average Bonchev–Trinajstić information content (AvgIpc) is 2.34. The molecule has 20 heavy (non-hydrogen) atoms. The largest absolute Gasteiger partial charge is 0.415 e. The van der Waals surface area contributed by atoms with Crippen molar-refractivity contribution >= 4 is 11.6 Å². The third kappa shape index (κ3) is 3.44. The zero-order valence-electron chi connectivity index (χ0n) is 10.4. The molecule has 0 saturated heterocycles. The number of non-ortho nitro benzene ring substituents is 1. The molecule has 0 saturated carbocycles. The van der Waals surface area contributed by atoms with Crippen LogP contribution in [0.25, 0.3) is 0 Å². The van der Waals surface area contributed by atoms with E-state index in [2.05, 4.69) is 0 Å². The molecule has 0 bridgehead atoms. The molecule has 0 heterocycles. The van der Waals surface area contributed by atoms with Gasteiger partial charge >= 0.3 is 6.18 Å². The van der Waals surface area contributed by atoms with E-state index in [9.17, 15) is 28.1 Å². The lowest BCUT2D eigenvalue weighted by Gasteiger charge is -2.26. The number of nitro groups is 1. The molecular formula is C11H12F3N3O3. The Bertz CT molecular complexity index is 529. The van der Waals surface area contributed by atoms with E-state index in [1.54, 1.807) is 0 Å². The van der Waals surface area contributed by atoms with E-state index < -0.39 is 22.5 Å². The number of amides is 1. The molecule has 0 aliphatic rings. The zero-order chi connectivity index (χ0) is 15.6. The van der Waals surface area contributed by atoms with Crippen LogP contribution in [0.2, 0.25) is 0 Å². The van der Waals surface area contributed by atoms with Crippen molar-refractivity contribution in [3.05, 3.63) is 39.9 Å². The lowest BCUT2D eigenvalue weighted by atomic mass is 10.0. The molecule has 0 fully saturated rings. The normalized spacial score (nSPS) is 14.4. The summed E-state index contributed by atoms with van der Waals surface area (Å²) in [4.78, 5) is 21.3. The van der Waals surface area contributed by atoms with Gasteiger partial charge in [0.25, 0.3) is 5.69 Å². The van der Waals surface area contributed by atoms with Gasteiger partial charge in [0.05, 0.1) is 4.92 Å². The number of carbonyl (C=O) groups is 1. The highest BCUT2D eigenvalue weighted by molar-refractivity contribution is 5.86. The van der Waals surface area contributed by atoms with Crippen LogP contribution in [-0.4, -0.2) is 22.5 Å². The number of carbonyl (C=O) groups excluding carboxylic acids is 1. The van der Waals surface area contributed by atoms with Crippen molar-refractivity contribution in [1.29, 1.82) is 0 Å². The van der Waals surface area contributed by atoms with Crippen LogP contribution in [0, 0.1) is 10.1 Å². The summed E-state index contributed by atoms with van der Waals surface area (Å²) in [6.07, 6.45) is -4.89. The van der Waals surface area contributed by atoms with Gasteiger partial charge < -0.3 is 11.1 Å². The predicted molar refractivity (Wildman–Crippen MR) is 63.6 cm³/mol. The smallest absolute Gasteiger partial charge is 0.350 e. The van der Waals surface area contributed by atoms with Gasteiger partial charge in [-0.2, -0.15) is 13.2 Å². The minimum Gasteiger partial charge on any atom is -0.350 e. The van der Waals surface area contributed by atoms with E-state index in [1.165, 1.54) is 18.2 Å². The minimum absolute atomic E-state index is 0.219. The molecule has 0 radical (unpaired) electrons. The van der Waals surface area contributed by atoms with Crippen molar-refractivity contribution in [3.63, 3.8) is 0 Å². The first kappa shape index (κ1) is 15.9. The molecular weight excluding hydrogens is 279 g/mol. The van der Waals surface area contributed by atoms with Crippen LogP contribution in [0.15, 0.2) is 24.3 Å². The fourth-order valence-electron chi connectivity index (χ4n) is 1.27. The van der Waals surface area contributed by atoms with Crippen LogP contribution in [-0.2, 0) is 11.3 Å². The van der Waals surface area contributed by atoms with Gasteiger partial charge in [-0.25, -0.2) is 0 Å². The number of alkyl halides is 3. The Balaban J connectivity index is 2.75. The van der Waals surface area contributed by atoms with Crippen molar-refractivity contribution in [2.45, 2.75) is 25.2 Å². The Labute approximate surface area is 111 Å². The number of nitro benzene ring substituents is 1. The maximum Gasteiger partial charge on any atom is 0.415 e. The Morgan fingerprint density at radius 1 is 1.45 bits per heavy atom. The molecule has 1 aromatic carbocycles. The summed E-state index contributed by atoms with van der Waals surface area (Å²) in [6, 6.07) is 5.19. The number of nitrogens with two attached hydrogens (primary N) is 1. The standard InChI is InChI=1S/C11H12F3N3O3/c1-10(15,11(12,13)14)9(18)16-6-7-3-2-4-8(5-7)17(19)20/h2-5H,6,15H2,1H3,(H,16,18). The fourth-order valence-corrected chi connectivity index (χ4v) is 1.27. The molecule has 1 amide bonds. The second-order valence-electron chi connectivity index (χ2n) is 4.31. The molecule has 3 N–H and O–H groups in total. The first-order chi connectivity index (χ1) is 9.05. The molecule has 9 heteroatoms. The van der Waals surface area contributed by atoms with Crippen LogP contribution in [0.4, 0.5) is 18.9 Å². The number of nitrogens with zero attached hydrogens (tertiary/aromatic N) is 1.